The molecule has 2 aliphatic rings. The molecule has 1 heterocycles. The van der Waals surface area contributed by atoms with E-state index in [4.69, 9.17) is 5.11 Å². The van der Waals surface area contributed by atoms with Crippen molar-refractivity contribution in [1.82, 2.24) is 10.2 Å². The minimum atomic E-state index is -0.906. The lowest BCUT2D eigenvalue weighted by Crippen LogP contribution is -2.45. The maximum atomic E-state index is 12.3. The number of carboxylic acid groups (broad SMARTS) is 1. The van der Waals surface area contributed by atoms with Crippen LogP contribution in [0, 0.1) is 5.92 Å². The van der Waals surface area contributed by atoms with E-state index in [1.54, 1.807) is 4.90 Å². The summed E-state index contributed by atoms with van der Waals surface area (Å²) >= 11 is 0. The van der Waals surface area contributed by atoms with Gasteiger partial charge in [-0.3, -0.25) is 9.59 Å². The van der Waals surface area contributed by atoms with Gasteiger partial charge in [-0.25, -0.2) is 0 Å². The van der Waals surface area contributed by atoms with E-state index in [1.807, 2.05) is 0 Å². The third-order valence-corrected chi connectivity index (χ3v) is 3.76. The Kier molecular flexibility index (Phi) is 3.99. The van der Waals surface area contributed by atoms with Crippen LogP contribution in [0.1, 0.15) is 32.1 Å². The molecule has 2 N–H and O–H groups in total. The van der Waals surface area contributed by atoms with Gasteiger partial charge in [0.15, 0.2) is 0 Å². The maximum absolute atomic E-state index is 12.3. The van der Waals surface area contributed by atoms with Crippen LogP contribution in [0.15, 0.2) is 0 Å². The topological polar surface area (TPSA) is 69.6 Å². The van der Waals surface area contributed by atoms with Gasteiger partial charge < -0.3 is 15.3 Å². The highest BCUT2D eigenvalue weighted by Gasteiger charge is 2.33. The fourth-order valence-corrected chi connectivity index (χ4v) is 2.85. The molecule has 2 fully saturated rings. The van der Waals surface area contributed by atoms with Crippen molar-refractivity contribution in [1.29, 1.82) is 0 Å². The van der Waals surface area contributed by atoms with Crippen LogP contribution in [0.25, 0.3) is 0 Å². The minimum Gasteiger partial charge on any atom is -0.480 e. The molecule has 96 valence electrons. The van der Waals surface area contributed by atoms with Crippen LogP contribution in [-0.4, -0.2) is 47.6 Å². The van der Waals surface area contributed by atoms with E-state index in [-0.39, 0.29) is 24.4 Å². The Morgan fingerprint density at radius 3 is 2.47 bits per heavy atom. The smallest absolute Gasteiger partial charge is 0.323 e. The van der Waals surface area contributed by atoms with E-state index in [1.165, 1.54) is 0 Å². The summed E-state index contributed by atoms with van der Waals surface area (Å²) in [5.41, 5.74) is 0. The van der Waals surface area contributed by atoms with Crippen LogP contribution in [0.4, 0.5) is 0 Å². The highest BCUT2D eigenvalue weighted by molar-refractivity contribution is 5.83. The van der Waals surface area contributed by atoms with Gasteiger partial charge >= 0.3 is 5.97 Å². The lowest BCUT2D eigenvalue weighted by molar-refractivity contribution is -0.148. The highest BCUT2D eigenvalue weighted by Crippen LogP contribution is 2.25. The van der Waals surface area contributed by atoms with Crippen molar-refractivity contribution in [3.05, 3.63) is 0 Å². The van der Waals surface area contributed by atoms with Crippen molar-refractivity contribution in [2.24, 2.45) is 5.92 Å². The first-order chi connectivity index (χ1) is 8.18. The molecule has 0 radical (unpaired) electrons. The second kappa shape index (κ2) is 5.49. The van der Waals surface area contributed by atoms with E-state index >= 15 is 0 Å². The van der Waals surface area contributed by atoms with Gasteiger partial charge in [-0.05, 0) is 25.8 Å². The van der Waals surface area contributed by atoms with Crippen molar-refractivity contribution < 1.29 is 14.7 Å². The molecule has 5 heteroatoms. The van der Waals surface area contributed by atoms with Crippen molar-refractivity contribution in [3.63, 3.8) is 0 Å². The Hall–Kier alpha value is -1.10. The van der Waals surface area contributed by atoms with Crippen LogP contribution in [-0.2, 0) is 9.59 Å². The third-order valence-electron chi connectivity index (χ3n) is 3.76. The fraction of sp³-hybridized carbons (Fsp3) is 0.833. The SMILES string of the molecule is O=C(O)CN(C(=O)C1CCNC1)C1CCCC1. The van der Waals surface area contributed by atoms with E-state index in [2.05, 4.69) is 5.32 Å². The molecule has 2 rings (SSSR count). The second-order valence-electron chi connectivity index (χ2n) is 4.99. The molecule has 0 bridgehead atoms. The number of nitrogens with one attached hydrogen (secondary N) is 1. The van der Waals surface area contributed by atoms with Gasteiger partial charge in [0.05, 0.1) is 5.92 Å². The average molecular weight is 240 g/mol. The molecule has 1 amide bonds. The van der Waals surface area contributed by atoms with E-state index in [0.717, 1.165) is 38.6 Å². The summed E-state index contributed by atoms with van der Waals surface area (Å²) < 4.78 is 0. The van der Waals surface area contributed by atoms with Gasteiger partial charge in [0.2, 0.25) is 5.91 Å². The first-order valence-corrected chi connectivity index (χ1v) is 6.41. The first-order valence-electron chi connectivity index (χ1n) is 6.41. The van der Waals surface area contributed by atoms with Gasteiger partial charge in [0.1, 0.15) is 6.54 Å². The van der Waals surface area contributed by atoms with Crippen molar-refractivity contribution in [2.45, 2.75) is 38.1 Å². The number of hydrogen-bond acceptors (Lipinski definition) is 3. The van der Waals surface area contributed by atoms with Crippen LogP contribution in [0.5, 0.6) is 0 Å². The lowest BCUT2D eigenvalue weighted by Gasteiger charge is -2.29. The fourth-order valence-electron chi connectivity index (χ4n) is 2.85. The summed E-state index contributed by atoms with van der Waals surface area (Å²) in [5.74, 6) is -0.893. The number of carboxylic acids is 1. The Morgan fingerprint density at radius 1 is 1.24 bits per heavy atom. The molecule has 0 aromatic carbocycles. The molecule has 5 nitrogen and oxygen atoms in total. The molecule has 1 saturated carbocycles. The molecule has 1 aliphatic heterocycles. The van der Waals surface area contributed by atoms with Crippen LogP contribution < -0.4 is 5.32 Å². The van der Waals surface area contributed by atoms with Crippen molar-refractivity contribution >= 4 is 11.9 Å². The number of hydrogen-bond donors (Lipinski definition) is 2. The average Bonchev–Trinajstić information content (AvgIpc) is 2.96. The van der Waals surface area contributed by atoms with Crippen molar-refractivity contribution in [3.8, 4) is 0 Å². The number of amides is 1. The number of rotatable bonds is 4. The largest absolute Gasteiger partial charge is 0.480 e. The van der Waals surface area contributed by atoms with E-state index in [9.17, 15) is 9.59 Å². The summed E-state index contributed by atoms with van der Waals surface area (Å²) in [5, 5.41) is 12.1. The summed E-state index contributed by atoms with van der Waals surface area (Å²) in [7, 11) is 0. The van der Waals surface area contributed by atoms with E-state index < -0.39 is 5.97 Å². The minimum absolute atomic E-state index is 0.0186. The Bertz CT molecular complexity index is 294. The molecule has 1 unspecified atom stereocenters. The molecular formula is C12H20N2O3. The zero-order valence-corrected chi connectivity index (χ0v) is 10.0. The Balaban J connectivity index is 2.02. The third kappa shape index (κ3) is 2.97. The standard InChI is InChI=1S/C12H20N2O3/c15-11(16)8-14(10-3-1-2-4-10)12(17)9-5-6-13-7-9/h9-10,13H,1-8H2,(H,15,16). The predicted octanol–water partition coefficient (Wildman–Crippen LogP) is 0.452. The van der Waals surface area contributed by atoms with Crippen molar-refractivity contribution in [2.75, 3.05) is 19.6 Å². The summed E-state index contributed by atoms with van der Waals surface area (Å²) in [6, 6.07) is 0.152. The summed E-state index contributed by atoms with van der Waals surface area (Å²) in [6.45, 7) is 1.42. The normalized spacial score (nSPS) is 25.1. The van der Waals surface area contributed by atoms with Gasteiger partial charge in [0.25, 0.3) is 0 Å². The van der Waals surface area contributed by atoms with Gasteiger partial charge in [-0.1, -0.05) is 12.8 Å². The molecule has 0 aromatic rings. The quantitative estimate of drug-likeness (QED) is 0.748. The first kappa shape index (κ1) is 12.4. The van der Waals surface area contributed by atoms with Crippen LogP contribution in [0.2, 0.25) is 0 Å². The van der Waals surface area contributed by atoms with Crippen LogP contribution >= 0.6 is 0 Å². The zero-order valence-electron chi connectivity index (χ0n) is 10.0. The van der Waals surface area contributed by atoms with Gasteiger partial charge in [0, 0.05) is 12.6 Å². The number of carbonyl (C=O) groups excluding carboxylic acids is 1. The second-order valence-corrected chi connectivity index (χ2v) is 4.99. The molecule has 1 aliphatic carbocycles. The van der Waals surface area contributed by atoms with Gasteiger partial charge in [-0.2, -0.15) is 0 Å². The monoisotopic (exact) mass is 240 g/mol. The molecule has 17 heavy (non-hydrogen) atoms. The number of carbonyl (C=O) groups is 2. The van der Waals surface area contributed by atoms with Gasteiger partial charge in [-0.15, -0.1) is 0 Å². The molecule has 0 aromatic heterocycles. The molecule has 1 atom stereocenters. The predicted molar refractivity (Wildman–Crippen MR) is 62.6 cm³/mol. The lowest BCUT2D eigenvalue weighted by atomic mass is 10.1. The molecule has 1 saturated heterocycles. The van der Waals surface area contributed by atoms with E-state index in [0.29, 0.717) is 6.54 Å². The van der Waals surface area contributed by atoms with Crippen LogP contribution in [0.3, 0.4) is 0 Å². The number of aliphatic carboxylic acids is 1. The highest BCUT2D eigenvalue weighted by atomic mass is 16.4. The Morgan fingerprint density at radius 2 is 1.94 bits per heavy atom. The summed E-state index contributed by atoms with van der Waals surface area (Å²) in [4.78, 5) is 24.8. The maximum Gasteiger partial charge on any atom is 0.323 e. The molecular weight excluding hydrogens is 220 g/mol. The molecule has 0 spiro atoms. The summed E-state index contributed by atoms with van der Waals surface area (Å²) in [6.07, 6.45) is 4.97. The Labute approximate surface area is 101 Å². The zero-order chi connectivity index (χ0) is 12.3. The number of nitrogens with zero attached hydrogens (tertiary/aromatic N) is 1.